The standard InChI is InChI=1S/C13H21BrN4/c1-4-7-15-13-16-8-11(14)12(17-13)18(3)9(2)10-5-6-10/h8-10H,4-7H2,1-3H3,(H,15,16,17). The average Bonchev–Trinajstić information content (AvgIpc) is 3.20. The Morgan fingerprint density at radius 3 is 2.89 bits per heavy atom. The van der Waals surface area contributed by atoms with Gasteiger partial charge >= 0.3 is 0 Å². The maximum Gasteiger partial charge on any atom is 0.224 e. The fourth-order valence-corrected chi connectivity index (χ4v) is 2.49. The first kappa shape index (κ1) is 13.6. The molecular weight excluding hydrogens is 292 g/mol. The molecule has 0 bridgehead atoms. The fourth-order valence-electron chi connectivity index (χ4n) is 2.02. The van der Waals surface area contributed by atoms with Crippen molar-refractivity contribution < 1.29 is 0 Å². The fraction of sp³-hybridized carbons (Fsp3) is 0.692. The molecule has 1 N–H and O–H groups in total. The first-order chi connectivity index (χ1) is 8.63. The third kappa shape index (κ3) is 3.13. The van der Waals surface area contributed by atoms with Crippen LogP contribution >= 0.6 is 15.9 Å². The summed E-state index contributed by atoms with van der Waals surface area (Å²) in [7, 11) is 2.11. The van der Waals surface area contributed by atoms with Crippen molar-refractivity contribution in [2.24, 2.45) is 5.92 Å². The molecule has 2 rings (SSSR count). The highest BCUT2D eigenvalue weighted by molar-refractivity contribution is 9.10. The van der Waals surface area contributed by atoms with Crippen molar-refractivity contribution in [3.63, 3.8) is 0 Å². The van der Waals surface area contributed by atoms with Gasteiger partial charge in [0.25, 0.3) is 0 Å². The third-order valence-corrected chi connectivity index (χ3v) is 4.07. The zero-order chi connectivity index (χ0) is 13.1. The zero-order valence-electron chi connectivity index (χ0n) is 11.3. The smallest absolute Gasteiger partial charge is 0.224 e. The lowest BCUT2D eigenvalue weighted by atomic mass is 10.2. The molecule has 0 radical (unpaired) electrons. The van der Waals surface area contributed by atoms with Crippen LogP contribution in [-0.2, 0) is 0 Å². The second-order valence-corrected chi connectivity index (χ2v) is 5.84. The van der Waals surface area contributed by atoms with Crippen molar-refractivity contribution >= 4 is 27.7 Å². The Hall–Kier alpha value is -0.840. The maximum atomic E-state index is 4.60. The second kappa shape index (κ2) is 5.87. The molecule has 0 spiro atoms. The van der Waals surface area contributed by atoms with Crippen molar-refractivity contribution in [3.8, 4) is 0 Å². The van der Waals surface area contributed by atoms with Crippen molar-refractivity contribution in [2.75, 3.05) is 23.8 Å². The van der Waals surface area contributed by atoms with E-state index < -0.39 is 0 Å². The summed E-state index contributed by atoms with van der Waals surface area (Å²) in [5.41, 5.74) is 0. The monoisotopic (exact) mass is 312 g/mol. The number of anilines is 2. The molecule has 0 amide bonds. The van der Waals surface area contributed by atoms with Crippen LogP contribution in [0.3, 0.4) is 0 Å². The maximum absolute atomic E-state index is 4.60. The Balaban J connectivity index is 2.13. The summed E-state index contributed by atoms with van der Waals surface area (Å²) in [6, 6.07) is 0.537. The van der Waals surface area contributed by atoms with Gasteiger partial charge in [-0.25, -0.2) is 4.98 Å². The predicted octanol–water partition coefficient (Wildman–Crippen LogP) is 3.30. The Labute approximate surface area is 117 Å². The highest BCUT2D eigenvalue weighted by atomic mass is 79.9. The molecule has 1 aromatic rings. The van der Waals surface area contributed by atoms with Crippen LogP contribution in [0.1, 0.15) is 33.1 Å². The molecule has 1 aromatic heterocycles. The first-order valence-electron chi connectivity index (χ1n) is 6.62. The van der Waals surface area contributed by atoms with Crippen molar-refractivity contribution in [3.05, 3.63) is 10.7 Å². The minimum atomic E-state index is 0.537. The molecule has 1 atom stereocenters. The van der Waals surface area contributed by atoms with Crippen LogP contribution in [0.2, 0.25) is 0 Å². The molecule has 5 heteroatoms. The Kier molecular flexibility index (Phi) is 4.43. The van der Waals surface area contributed by atoms with Gasteiger partial charge in [-0.1, -0.05) is 6.92 Å². The molecule has 1 aliphatic carbocycles. The first-order valence-corrected chi connectivity index (χ1v) is 7.42. The zero-order valence-corrected chi connectivity index (χ0v) is 12.9. The van der Waals surface area contributed by atoms with Crippen LogP contribution in [0.15, 0.2) is 10.7 Å². The number of hydrogen-bond acceptors (Lipinski definition) is 4. The number of halogens is 1. The molecule has 1 aliphatic rings. The van der Waals surface area contributed by atoms with E-state index in [2.05, 4.69) is 57.0 Å². The molecule has 1 saturated carbocycles. The number of nitrogens with one attached hydrogen (secondary N) is 1. The number of nitrogens with zero attached hydrogens (tertiary/aromatic N) is 3. The predicted molar refractivity (Wildman–Crippen MR) is 79.1 cm³/mol. The average molecular weight is 313 g/mol. The van der Waals surface area contributed by atoms with E-state index in [4.69, 9.17) is 0 Å². The summed E-state index contributed by atoms with van der Waals surface area (Å²) in [4.78, 5) is 11.1. The van der Waals surface area contributed by atoms with Crippen molar-refractivity contribution in [1.82, 2.24) is 9.97 Å². The van der Waals surface area contributed by atoms with Gasteiger partial charge in [-0.3, -0.25) is 0 Å². The molecule has 0 saturated heterocycles. The lowest BCUT2D eigenvalue weighted by molar-refractivity contribution is 0.602. The molecule has 1 heterocycles. The van der Waals surface area contributed by atoms with E-state index in [1.54, 1.807) is 0 Å². The van der Waals surface area contributed by atoms with Gasteiger partial charge in [0, 0.05) is 25.8 Å². The minimum Gasteiger partial charge on any atom is -0.356 e. The van der Waals surface area contributed by atoms with Crippen LogP contribution in [0.4, 0.5) is 11.8 Å². The van der Waals surface area contributed by atoms with Gasteiger partial charge < -0.3 is 10.2 Å². The van der Waals surface area contributed by atoms with Gasteiger partial charge in [0.05, 0.1) is 4.47 Å². The van der Waals surface area contributed by atoms with Crippen LogP contribution in [0.5, 0.6) is 0 Å². The Morgan fingerprint density at radius 2 is 2.28 bits per heavy atom. The van der Waals surface area contributed by atoms with Gasteiger partial charge in [0.15, 0.2) is 0 Å². The van der Waals surface area contributed by atoms with Gasteiger partial charge in [-0.05, 0) is 48.0 Å². The summed E-state index contributed by atoms with van der Waals surface area (Å²) >= 11 is 3.54. The van der Waals surface area contributed by atoms with Crippen LogP contribution in [0.25, 0.3) is 0 Å². The molecule has 1 fully saturated rings. The largest absolute Gasteiger partial charge is 0.356 e. The van der Waals surface area contributed by atoms with Gasteiger partial charge in [0.2, 0.25) is 5.95 Å². The van der Waals surface area contributed by atoms with Crippen LogP contribution in [-0.4, -0.2) is 29.6 Å². The summed E-state index contributed by atoms with van der Waals surface area (Å²) < 4.78 is 0.958. The minimum absolute atomic E-state index is 0.537. The van der Waals surface area contributed by atoms with Crippen LogP contribution in [0, 0.1) is 5.92 Å². The van der Waals surface area contributed by atoms with Crippen molar-refractivity contribution in [2.45, 2.75) is 39.2 Å². The van der Waals surface area contributed by atoms with E-state index in [1.165, 1.54) is 12.8 Å². The van der Waals surface area contributed by atoms with Gasteiger partial charge in [-0.15, -0.1) is 0 Å². The van der Waals surface area contributed by atoms with E-state index in [-0.39, 0.29) is 0 Å². The Bertz CT molecular complexity index is 406. The van der Waals surface area contributed by atoms with E-state index >= 15 is 0 Å². The highest BCUT2D eigenvalue weighted by Gasteiger charge is 2.31. The molecular formula is C13H21BrN4. The van der Waals surface area contributed by atoms with Crippen LogP contribution < -0.4 is 10.2 Å². The SMILES string of the molecule is CCCNc1ncc(Br)c(N(C)C(C)C2CC2)n1. The number of rotatable bonds is 6. The highest BCUT2D eigenvalue weighted by Crippen LogP contribution is 2.37. The summed E-state index contributed by atoms with van der Waals surface area (Å²) in [5.74, 6) is 2.51. The quantitative estimate of drug-likeness (QED) is 0.875. The normalized spacial score (nSPS) is 16.4. The number of hydrogen-bond donors (Lipinski definition) is 1. The van der Waals surface area contributed by atoms with E-state index in [0.29, 0.717) is 12.0 Å². The summed E-state index contributed by atoms with van der Waals surface area (Å²) in [6.07, 6.45) is 5.59. The third-order valence-electron chi connectivity index (χ3n) is 3.51. The molecule has 1 unspecified atom stereocenters. The van der Waals surface area contributed by atoms with E-state index in [1.807, 2.05) is 6.20 Å². The molecule has 18 heavy (non-hydrogen) atoms. The molecule has 0 aliphatic heterocycles. The Morgan fingerprint density at radius 1 is 1.56 bits per heavy atom. The van der Waals surface area contributed by atoms with E-state index in [9.17, 15) is 0 Å². The molecule has 100 valence electrons. The van der Waals surface area contributed by atoms with Gasteiger partial charge in [-0.2, -0.15) is 4.98 Å². The lowest BCUT2D eigenvalue weighted by Gasteiger charge is -2.27. The summed E-state index contributed by atoms with van der Waals surface area (Å²) in [6.45, 7) is 5.31. The molecule has 4 nitrogen and oxygen atoms in total. The van der Waals surface area contributed by atoms with Crippen molar-refractivity contribution in [1.29, 1.82) is 0 Å². The number of aromatic nitrogens is 2. The topological polar surface area (TPSA) is 41.1 Å². The second-order valence-electron chi connectivity index (χ2n) is 4.98. The lowest BCUT2D eigenvalue weighted by Crippen LogP contribution is -2.31. The summed E-state index contributed by atoms with van der Waals surface area (Å²) in [5, 5.41) is 3.23. The van der Waals surface area contributed by atoms with E-state index in [0.717, 1.165) is 29.2 Å². The van der Waals surface area contributed by atoms with Gasteiger partial charge in [0.1, 0.15) is 5.82 Å². The molecule has 0 aromatic carbocycles.